The van der Waals surface area contributed by atoms with Gasteiger partial charge in [0.25, 0.3) is 0 Å². The molecule has 0 atom stereocenters. The summed E-state index contributed by atoms with van der Waals surface area (Å²) in [5.74, 6) is 0. The van der Waals surface area contributed by atoms with Crippen molar-refractivity contribution >= 4 is 65.0 Å². The van der Waals surface area contributed by atoms with Gasteiger partial charge in [-0.2, -0.15) is 10.5 Å². The van der Waals surface area contributed by atoms with Crippen LogP contribution in [0.2, 0.25) is 0 Å². The molecule has 3 nitrogen and oxygen atoms in total. The average Bonchev–Trinajstić information content (AvgIpc) is 3.47. The smallest absolute Gasteiger partial charge is 0.136 e. The molecule has 0 spiro atoms. The number of hydrogen-bond donors (Lipinski definition) is 0. The predicted octanol–water partition coefficient (Wildman–Crippen LogP) is 11.3. The Bertz CT molecular complexity index is 2680. The zero-order valence-corrected chi connectivity index (χ0v) is 24.0. The van der Waals surface area contributed by atoms with E-state index < -0.39 is 0 Å². The molecule has 0 aliphatic rings. The van der Waals surface area contributed by atoms with Crippen LogP contribution in [0, 0.1) is 22.7 Å². The summed E-state index contributed by atoms with van der Waals surface area (Å²) in [6, 6.07) is 50.3. The average molecular weight is 571 g/mol. The fourth-order valence-corrected chi connectivity index (χ4v) is 7.29. The Kier molecular flexibility index (Phi) is 5.33. The second-order valence-corrected chi connectivity index (χ2v) is 11.4. The van der Waals surface area contributed by atoms with Crippen molar-refractivity contribution in [2.75, 3.05) is 0 Å². The molecule has 1 heterocycles. The molecule has 9 aromatic rings. The van der Waals surface area contributed by atoms with Gasteiger partial charge in [-0.3, -0.25) is 0 Å². The number of hydrogen-bond acceptors (Lipinski definition) is 3. The minimum absolute atomic E-state index is 0.695. The number of furan rings is 1. The maximum absolute atomic E-state index is 10.2. The van der Waals surface area contributed by atoms with Gasteiger partial charge >= 0.3 is 0 Å². The number of nitriles is 2. The molecule has 0 aliphatic carbocycles. The molecule has 0 bridgehead atoms. The molecule has 0 radical (unpaired) electrons. The molecule has 0 saturated heterocycles. The van der Waals surface area contributed by atoms with Gasteiger partial charge in [0, 0.05) is 32.3 Å². The van der Waals surface area contributed by atoms with Crippen molar-refractivity contribution in [3.63, 3.8) is 0 Å². The molecule has 3 heteroatoms. The molecular formula is C42H22N2O. The third-order valence-corrected chi connectivity index (χ3v) is 9.14. The fourth-order valence-electron chi connectivity index (χ4n) is 7.29. The maximum atomic E-state index is 10.2. The van der Waals surface area contributed by atoms with Crippen LogP contribution in [0.4, 0.5) is 0 Å². The van der Waals surface area contributed by atoms with Crippen molar-refractivity contribution in [1.29, 1.82) is 10.5 Å². The summed E-state index contributed by atoms with van der Waals surface area (Å²) in [5.41, 5.74) is 7.30. The summed E-state index contributed by atoms with van der Waals surface area (Å²) < 4.78 is 6.61. The molecule has 0 saturated carbocycles. The monoisotopic (exact) mass is 570 g/mol. The Morgan fingerprint density at radius 1 is 0.400 bits per heavy atom. The molecule has 0 N–H and O–H groups in total. The molecule has 0 aliphatic heterocycles. The third kappa shape index (κ3) is 3.50. The van der Waals surface area contributed by atoms with E-state index in [2.05, 4.69) is 60.7 Å². The first-order valence-electron chi connectivity index (χ1n) is 14.9. The summed E-state index contributed by atoms with van der Waals surface area (Å²) in [5, 5.41) is 30.3. The quantitative estimate of drug-likeness (QED) is 0.194. The van der Waals surface area contributed by atoms with Gasteiger partial charge in [-0.15, -0.1) is 0 Å². The highest BCUT2D eigenvalue weighted by atomic mass is 16.3. The number of rotatable bonds is 2. The van der Waals surface area contributed by atoms with Crippen LogP contribution in [0.25, 0.3) is 87.3 Å². The van der Waals surface area contributed by atoms with E-state index in [-0.39, 0.29) is 0 Å². The highest BCUT2D eigenvalue weighted by Crippen LogP contribution is 2.46. The molecule has 206 valence electrons. The SMILES string of the molecule is N#Cc1c2ccccc2c(-c2ccc3c(c2)oc2cccc(-c4c5ccccc5c(C#N)c5ccccc45)c23)c2ccccc12. The lowest BCUT2D eigenvalue weighted by molar-refractivity contribution is 0.669. The van der Waals surface area contributed by atoms with E-state index in [9.17, 15) is 10.5 Å². The van der Waals surface area contributed by atoms with Crippen molar-refractivity contribution in [1.82, 2.24) is 0 Å². The van der Waals surface area contributed by atoms with E-state index in [0.717, 1.165) is 87.3 Å². The summed E-state index contributed by atoms with van der Waals surface area (Å²) in [6.07, 6.45) is 0. The lowest BCUT2D eigenvalue weighted by Gasteiger charge is -2.15. The Morgan fingerprint density at radius 2 is 0.867 bits per heavy atom. The van der Waals surface area contributed by atoms with Crippen molar-refractivity contribution in [3.05, 3.63) is 145 Å². The molecule has 9 rings (SSSR count). The first kappa shape index (κ1) is 25.1. The van der Waals surface area contributed by atoms with Crippen molar-refractivity contribution < 1.29 is 4.42 Å². The Balaban J connectivity index is 1.36. The molecule has 0 amide bonds. The van der Waals surface area contributed by atoms with E-state index in [0.29, 0.717) is 11.1 Å². The van der Waals surface area contributed by atoms with Gasteiger partial charge in [0.15, 0.2) is 0 Å². The van der Waals surface area contributed by atoms with Crippen LogP contribution < -0.4 is 0 Å². The highest BCUT2D eigenvalue weighted by Gasteiger charge is 2.21. The molecular weight excluding hydrogens is 548 g/mol. The van der Waals surface area contributed by atoms with E-state index in [1.165, 1.54) is 0 Å². The Morgan fingerprint density at radius 3 is 1.36 bits per heavy atom. The van der Waals surface area contributed by atoms with Gasteiger partial charge in [0.1, 0.15) is 23.3 Å². The number of benzene rings is 8. The fraction of sp³-hybridized carbons (Fsp3) is 0. The van der Waals surface area contributed by atoms with Gasteiger partial charge in [0.05, 0.1) is 11.1 Å². The third-order valence-electron chi connectivity index (χ3n) is 9.14. The minimum Gasteiger partial charge on any atom is -0.456 e. The normalized spacial score (nSPS) is 11.5. The topological polar surface area (TPSA) is 60.7 Å². The standard InChI is InChI=1S/C42H22N2O/c43-23-36-26-10-1-5-14-30(26)40(31-15-6-2-11-27(31)36)25-20-21-34-39(22-25)45-38-19-9-18-35(42(34)38)41-32-16-7-3-12-28(32)37(24-44)29-13-4-8-17-33(29)41/h1-22H. The highest BCUT2D eigenvalue weighted by molar-refractivity contribution is 6.23. The second kappa shape index (κ2) is 9.55. The van der Waals surface area contributed by atoms with E-state index in [1.807, 2.05) is 84.9 Å². The first-order valence-corrected chi connectivity index (χ1v) is 14.9. The predicted molar refractivity (Wildman–Crippen MR) is 184 cm³/mol. The van der Waals surface area contributed by atoms with Crippen LogP contribution >= 0.6 is 0 Å². The zero-order chi connectivity index (χ0) is 30.1. The molecule has 0 fully saturated rings. The number of fused-ring (bicyclic) bond motifs is 7. The zero-order valence-electron chi connectivity index (χ0n) is 24.0. The Labute approximate surface area is 258 Å². The molecule has 45 heavy (non-hydrogen) atoms. The largest absolute Gasteiger partial charge is 0.456 e. The van der Waals surface area contributed by atoms with Crippen molar-refractivity contribution in [2.24, 2.45) is 0 Å². The maximum Gasteiger partial charge on any atom is 0.136 e. The minimum atomic E-state index is 0.695. The van der Waals surface area contributed by atoms with E-state index >= 15 is 0 Å². The lowest BCUT2D eigenvalue weighted by Crippen LogP contribution is -1.91. The number of nitrogens with zero attached hydrogens (tertiary/aromatic N) is 2. The summed E-state index contributed by atoms with van der Waals surface area (Å²) in [4.78, 5) is 0. The van der Waals surface area contributed by atoms with Gasteiger partial charge < -0.3 is 4.42 Å². The van der Waals surface area contributed by atoms with Gasteiger partial charge in [-0.1, -0.05) is 115 Å². The van der Waals surface area contributed by atoms with Crippen LogP contribution in [-0.4, -0.2) is 0 Å². The first-order chi connectivity index (χ1) is 22.3. The van der Waals surface area contributed by atoms with Crippen molar-refractivity contribution in [2.45, 2.75) is 0 Å². The molecule has 8 aromatic carbocycles. The van der Waals surface area contributed by atoms with Crippen molar-refractivity contribution in [3.8, 4) is 34.4 Å². The Hall–Kier alpha value is -6.42. The van der Waals surface area contributed by atoms with E-state index in [1.54, 1.807) is 0 Å². The van der Waals surface area contributed by atoms with Crippen LogP contribution in [0.3, 0.4) is 0 Å². The summed E-state index contributed by atoms with van der Waals surface area (Å²) >= 11 is 0. The van der Waals surface area contributed by atoms with E-state index in [4.69, 9.17) is 4.42 Å². The van der Waals surface area contributed by atoms with Crippen LogP contribution in [0.5, 0.6) is 0 Å². The van der Waals surface area contributed by atoms with Gasteiger partial charge in [-0.25, -0.2) is 0 Å². The molecule has 1 aromatic heterocycles. The van der Waals surface area contributed by atoms with Gasteiger partial charge in [0.2, 0.25) is 0 Å². The molecule has 0 unspecified atom stereocenters. The van der Waals surface area contributed by atoms with Crippen LogP contribution in [0.1, 0.15) is 11.1 Å². The summed E-state index contributed by atoms with van der Waals surface area (Å²) in [7, 11) is 0. The second-order valence-electron chi connectivity index (χ2n) is 11.4. The van der Waals surface area contributed by atoms with Crippen LogP contribution in [0.15, 0.2) is 138 Å². The lowest BCUT2D eigenvalue weighted by atomic mass is 9.87. The summed E-state index contributed by atoms with van der Waals surface area (Å²) in [6.45, 7) is 0. The van der Waals surface area contributed by atoms with Crippen LogP contribution in [-0.2, 0) is 0 Å². The van der Waals surface area contributed by atoms with Gasteiger partial charge in [-0.05, 0) is 62.0 Å².